The lowest BCUT2D eigenvalue weighted by Crippen LogP contribution is -2.52. The van der Waals surface area contributed by atoms with E-state index in [4.69, 9.17) is 14.6 Å². The molecule has 0 saturated carbocycles. The number of amides is 2. The van der Waals surface area contributed by atoms with E-state index >= 15 is 0 Å². The lowest BCUT2D eigenvalue weighted by Gasteiger charge is -2.40. The smallest absolute Gasteiger partial charge is 0.475 e. The molecule has 3 heterocycles. The first-order chi connectivity index (χ1) is 13.9. The molecule has 2 fully saturated rings. The second-order valence-electron chi connectivity index (χ2n) is 7.27. The number of carboxylic acids is 1. The van der Waals surface area contributed by atoms with E-state index in [-0.39, 0.29) is 17.7 Å². The number of halogens is 4. The topological polar surface area (TPSA) is 108 Å². The van der Waals surface area contributed by atoms with E-state index in [2.05, 4.69) is 15.3 Å². The maximum atomic E-state index is 12.9. The molecule has 2 aliphatic heterocycles. The number of ether oxygens (including phenoxy) is 1. The Morgan fingerprint density at radius 3 is 2.47 bits per heavy atom. The molecule has 1 aromatic rings. The Balaban J connectivity index is 0.000000396. The molecule has 0 radical (unpaired) electrons. The number of aromatic nitrogens is 2. The number of carboxylic acid groups (broad SMARTS) is 1. The zero-order valence-corrected chi connectivity index (χ0v) is 16.4. The minimum atomic E-state index is -5.08. The monoisotopic (exact) mass is 437 g/mol. The molecule has 2 N–H and O–H groups in total. The highest BCUT2D eigenvalue weighted by Gasteiger charge is 2.45. The SMILES string of the molecule is CN(C)C(=O)N1CCCC2(CC(Nc3ncc(F)cn3)CO2)C1.O=C(O)C(F)(F)F. The highest BCUT2D eigenvalue weighted by atomic mass is 19.4. The van der Waals surface area contributed by atoms with E-state index in [0.29, 0.717) is 19.1 Å². The number of anilines is 1. The number of hydrogen-bond donors (Lipinski definition) is 2. The average molecular weight is 437 g/mol. The van der Waals surface area contributed by atoms with Gasteiger partial charge in [-0.2, -0.15) is 13.2 Å². The summed E-state index contributed by atoms with van der Waals surface area (Å²) in [4.78, 5) is 32.3. The van der Waals surface area contributed by atoms with Crippen molar-refractivity contribution in [2.45, 2.75) is 37.1 Å². The second kappa shape index (κ2) is 9.41. The van der Waals surface area contributed by atoms with E-state index in [0.717, 1.165) is 38.2 Å². The minimum Gasteiger partial charge on any atom is -0.475 e. The lowest BCUT2D eigenvalue weighted by molar-refractivity contribution is -0.192. The molecule has 2 saturated heterocycles. The van der Waals surface area contributed by atoms with Crippen molar-refractivity contribution in [2.24, 2.45) is 0 Å². The predicted octanol–water partition coefficient (Wildman–Crippen LogP) is 1.97. The van der Waals surface area contributed by atoms with Crippen molar-refractivity contribution in [3.05, 3.63) is 18.2 Å². The van der Waals surface area contributed by atoms with Crippen LogP contribution in [0.5, 0.6) is 0 Å². The molecule has 1 spiro atoms. The number of likely N-dealkylation sites (tertiary alicyclic amines) is 1. The Morgan fingerprint density at radius 1 is 1.33 bits per heavy atom. The molecule has 2 amide bonds. The fourth-order valence-corrected chi connectivity index (χ4v) is 3.33. The number of hydrogen-bond acceptors (Lipinski definition) is 6. The molecule has 2 unspecified atom stereocenters. The molecular formula is C17H23F4N5O4. The second-order valence-corrected chi connectivity index (χ2v) is 7.27. The maximum Gasteiger partial charge on any atom is 0.490 e. The molecule has 3 rings (SSSR count). The van der Waals surface area contributed by atoms with Crippen molar-refractivity contribution in [1.29, 1.82) is 0 Å². The van der Waals surface area contributed by atoms with Crippen molar-refractivity contribution in [2.75, 3.05) is 39.1 Å². The first-order valence-electron chi connectivity index (χ1n) is 9.06. The number of nitrogens with zero attached hydrogens (tertiary/aromatic N) is 4. The normalized spacial score (nSPS) is 23.5. The zero-order valence-electron chi connectivity index (χ0n) is 16.4. The fraction of sp³-hybridized carbons (Fsp3) is 0.647. The minimum absolute atomic E-state index is 0.0194. The summed E-state index contributed by atoms with van der Waals surface area (Å²) in [5, 5.41) is 10.3. The highest BCUT2D eigenvalue weighted by Crippen LogP contribution is 2.35. The first-order valence-corrected chi connectivity index (χ1v) is 9.06. The largest absolute Gasteiger partial charge is 0.490 e. The molecule has 0 bridgehead atoms. The average Bonchev–Trinajstić information content (AvgIpc) is 3.04. The summed E-state index contributed by atoms with van der Waals surface area (Å²) < 4.78 is 50.6. The van der Waals surface area contributed by atoms with Crippen molar-refractivity contribution < 1.29 is 37.0 Å². The standard InChI is InChI=1S/C15H22FN5O2.C2HF3O2/c1-20(2)14(22)21-5-3-4-15(10-21)6-12(9-23-15)19-13-17-7-11(16)8-18-13;3-2(4,5)1(6)7/h7-8,12H,3-6,9-10H2,1-2H3,(H,17,18,19);(H,6,7). The molecule has 0 aromatic carbocycles. The van der Waals surface area contributed by atoms with Crippen LogP contribution in [-0.4, -0.2) is 88.5 Å². The Labute approximate surface area is 170 Å². The highest BCUT2D eigenvalue weighted by molar-refractivity contribution is 5.74. The van der Waals surface area contributed by atoms with Crippen LogP contribution in [0.4, 0.5) is 28.3 Å². The molecule has 2 aliphatic rings. The van der Waals surface area contributed by atoms with Gasteiger partial charge in [0.25, 0.3) is 0 Å². The van der Waals surface area contributed by atoms with Crippen LogP contribution in [0, 0.1) is 5.82 Å². The van der Waals surface area contributed by atoms with Gasteiger partial charge in [0.05, 0.1) is 37.2 Å². The van der Waals surface area contributed by atoms with E-state index in [9.17, 15) is 22.4 Å². The molecule has 2 atom stereocenters. The van der Waals surface area contributed by atoms with Gasteiger partial charge in [-0.05, 0) is 12.8 Å². The van der Waals surface area contributed by atoms with Crippen molar-refractivity contribution >= 4 is 17.9 Å². The van der Waals surface area contributed by atoms with Crippen LogP contribution in [-0.2, 0) is 9.53 Å². The Hall–Kier alpha value is -2.70. The van der Waals surface area contributed by atoms with Crippen LogP contribution in [0.25, 0.3) is 0 Å². The number of nitrogens with one attached hydrogen (secondary N) is 1. The van der Waals surface area contributed by atoms with Gasteiger partial charge in [-0.15, -0.1) is 0 Å². The third-order valence-corrected chi connectivity index (χ3v) is 4.60. The first kappa shape index (κ1) is 23.6. The van der Waals surface area contributed by atoms with Gasteiger partial charge in [0.2, 0.25) is 5.95 Å². The van der Waals surface area contributed by atoms with Gasteiger partial charge < -0.3 is 25.0 Å². The Morgan fingerprint density at radius 2 is 1.93 bits per heavy atom. The van der Waals surface area contributed by atoms with Gasteiger partial charge in [0, 0.05) is 27.1 Å². The third kappa shape index (κ3) is 6.40. The van der Waals surface area contributed by atoms with Gasteiger partial charge in [-0.25, -0.2) is 23.9 Å². The summed E-state index contributed by atoms with van der Waals surface area (Å²) in [6.07, 6.45) is -0.158. The summed E-state index contributed by atoms with van der Waals surface area (Å²) >= 11 is 0. The fourth-order valence-electron chi connectivity index (χ4n) is 3.33. The quantitative estimate of drug-likeness (QED) is 0.681. The summed E-state index contributed by atoms with van der Waals surface area (Å²) in [7, 11) is 3.52. The summed E-state index contributed by atoms with van der Waals surface area (Å²) in [6.45, 7) is 1.90. The lowest BCUT2D eigenvalue weighted by atomic mass is 9.89. The van der Waals surface area contributed by atoms with Gasteiger partial charge in [0.1, 0.15) is 0 Å². The van der Waals surface area contributed by atoms with Crippen molar-refractivity contribution in [3.8, 4) is 0 Å². The number of carbonyl (C=O) groups is 2. The van der Waals surface area contributed by atoms with Crippen molar-refractivity contribution in [3.63, 3.8) is 0 Å². The number of carbonyl (C=O) groups excluding carboxylic acids is 1. The van der Waals surface area contributed by atoms with Crippen LogP contribution in [0.3, 0.4) is 0 Å². The number of aliphatic carboxylic acids is 1. The molecule has 0 aliphatic carbocycles. The zero-order chi connectivity index (χ0) is 22.5. The third-order valence-electron chi connectivity index (χ3n) is 4.60. The summed E-state index contributed by atoms with van der Waals surface area (Å²) in [5.74, 6) is -2.82. The summed E-state index contributed by atoms with van der Waals surface area (Å²) in [5.41, 5.74) is -0.304. The molecule has 13 heteroatoms. The number of urea groups is 1. The Kier molecular flexibility index (Phi) is 7.39. The van der Waals surface area contributed by atoms with Crippen LogP contribution < -0.4 is 5.32 Å². The number of alkyl halides is 3. The molecule has 168 valence electrons. The maximum absolute atomic E-state index is 12.9. The van der Waals surface area contributed by atoms with E-state index < -0.39 is 18.0 Å². The van der Waals surface area contributed by atoms with Crippen LogP contribution in [0.2, 0.25) is 0 Å². The van der Waals surface area contributed by atoms with Crippen LogP contribution in [0.1, 0.15) is 19.3 Å². The van der Waals surface area contributed by atoms with Crippen LogP contribution >= 0.6 is 0 Å². The van der Waals surface area contributed by atoms with Gasteiger partial charge >= 0.3 is 18.2 Å². The molecule has 30 heavy (non-hydrogen) atoms. The molecular weight excluding hydrogens is 414 g/mol. The van der Waals surface area contributed by atoms with Gasteiger partial charge in [-0.3, -0.25) is 0 Å². The number of piperidine rings is 1. The van der Waals surface area contributed by atoms with E-state index in [1.165, 1.54) is 0 Å². The van der Waals surface area contributed by atoms with Gasteiger partial charge in [-0.1, -0.05) is 0 Å². The van der Waals surface area contributed by atoms with Crippen molar-refractivity contribution in [1.82, 2.24) is 19.8 Å². The Bertz CT molecular complexity index is 747. The predicted molar refractivity (Wildman–Crippen MR) is 96.3 cm³/mol. The summed E-state index contributed by atoms with van der Waals surface area (Å²) in [6, 6.07) is 0.0841. The molecule has 9 nitrogen and oxygen atoms in total. The molecule has 1 aromatic heterocycles. The van der Waals surface area contributed by atoms with E-state index in [1.807, 2.05) is 4.90 Å². The number of rotatable bonds is 2. The van der Waals surface area contributed by atoms with Crippen LogP contribution in [0.15, 0.2) is 12.4 Å². The van der Waals surface area contributed by atoms with E-state index in [1.54, 1.807) is 19.0 Å². The van der Waals surface area contributed by atoms with Gasteiger partial charge in [0.15, 0.2) is 5.82 Å².